The fourth-order valence-corrected chi connectivity index (χ4v) is 2.18. The van der Waals surface area contributed by atoms with Crippen LogP contribution in [-0.2, 0) is 0 Å². The summed E-state index contributed by atoms with van der Waals surface area (Å²) in [4.78, 5) is 7.77. The van der Waals surface area contributed by atoms with Gasteiger partial charge in [-0.1, -0.05) is 18.2 Å². The number of phenolic OH excluding ortho intramolecular Hbond substituents is 1. The molecule has 3 aromatic rings. The van der Waals surface area contributed by atoms with Crippen LogP contribution in [0.4, 0.5) is 0 Å². The third-order valence-corrected chi connectivity index (χ3v) is 3.19. The molecule has 4 nitrogen and oxygen atoms in total. The van der Waals surface area contributed by atoms with Crippen LogP contribution in [-0.4, -0.2) is 22.2 Å². The number of aryl methyl sites for hydroxylation is 1. The van der Waals surface area contributed by atoms with Crippen LogP contribution in [0.5, 0.6) is 11.5 Å². The molecule has 0 radical (unpaired) electrons. The number of rotatable bonds is 2. The average Bonchev–Trinajstić information content (AvgIpc) is 2.84. The van der Waals surface area contributed by atoms with E-state index in [1.807, 2.05) is 37.3 Å². The Morgan fingerprint density at radius 3 is 2.68 bits per heavy atom. The molecule has 2 aromatic carbocycles. The van der Waals surface area contributed by atoms with Gasteiger partial charge in [0.15, 0.2) is 11.5 Å². The molecule has 1 heterocycles. The zero-order valence-electron chi connectivity index (χ0n) is 10.8. The number of hydrogen-bond donors (Lipinski definition) is 2. The zero-order chi connectivity index (χ0) is 13.4. The second kappa shape index (κ2) is 4.31. The van der Waals surface area contributed by atoms with E-state index in [4.69, 9.17) is 4.74 Å². The number of imidazole rings is 1. The standard InChI is InChI=1S/C15H14N2O2/c1-9-5-3-7-11-13(9)17-15(16-11)10-6-4-8-12(19-2)14(10)18/h3-8,18H,1-2H3,(H,16,17). The molecule has 0 atom stereocenters. The predicted molar refractivity (Wildman–Crippen MR) is 74.5 cm³/mol. The lowest BCUT2D eigenvalue weighted by atomic mass is 10.2. The number of aromatic amines is 1. The smallest absolute Gasteiger partial charge is 0.168 e. The molecule has 4 heteroatoms. The number of nitrogens with zero attached hydrogens (tertiary/aromatic N) is 1. The van der Waals surface area contributed by atoms with Crippen molar-refractivity contribution in [3.8, 4) is 22.9 Å². The molecule has 1 aromatic heterocycles. The van der Waals surface area contributed by atoms with E-state index in [1.165, 1.54) is 7.11 Å². The number of aromatic hydroxyl groups is 1. The van der Waals surface area contributed by atoms with Gasteiger partial charge < -0.3 is 14.8 Å². The third kappa shape index (κ3) is 1.81. The molecule has 96 valence electrons. The quantitative estimate of drug-likeness (QED) is 0.738. The monoisotopic (exact) mass is 254 g/mol. The highest BCUT2D eigenvalue weighted by molar-refractivity contribution is 5.83. The Morgan fingerprint density at radius 1 is 1.16 bits per heavy atom. The maximum Gasteiger partial charge on any atom is 0.168 e. The highest BCUT2D eigenvalue weighted by atomic mass is 16.5. The van der Waals surface area contributed by atoms with Crippen LogP contribution in [0, 0.1) is 6.92 Å². The van der Waals surface area contributed by atoms with Crippen molar-refractivity contribution >= 4 is 11.0 Å². The first kappa shape index (κ1) is 11.6. The molecule has 0 spiro atoms. The lowest BCUT2D eigenvalue weighted by Crippen LogP contribution is -1.87. The summed E-state index contributed by atoms with van der Waals surface area (Å²) in [6.07, 6.45) is 0. The third-order valence-electron chi connectivity index (χ3n) is 3.19. The Kier molecular flexibility index (Phi) is 2.63. The summed E-state index contributed by atoms with van der Waals surface area (Å²) in [6.45, 7) is 2.01. The van der Waals surface area contributed by atoms with E-state index in [-0.39, 0.29) is 5.75 Å². The zero-order valence-corrected chi connectivity index (χ0v) is 10.8. The summed E-state index contributed by atoms with van der Waals surface area (Å²) < 4.78 is 5.11. The Hall–Kier alpha value is -2.49. The SMILES string of the molecule is COc1cccc(-c2nc3c(C)cccc3[nH]2)c1O. The van der Waals surface area contributed by atoms with Crippen LogP contribution in [0.15, 0.2) is 36.4 Å². The van der Waals surface area contributed by atoms with Gasteiger partial charge in [0.25, 0.3) is 0 Å². The minimum absolute atomic E-state index is 0.0988. The summed E-state index contributed by atoms with van der Waals surface area (Å²) in [7, 11) is 1.53. The van der Waals surface area contributed by atoms with Gasteiger partial charge in [-0.25, -0.2) is 4.98 Å². The van der Waals surface area contributed by atoms with Gasteiger partial charge in [0.2, 0.25) is 0 Å². The van der Waals surface area contributed by atoms with Crippen LogP contribution in [0.1, 0.15) is 5.56 Å². The van der Waals surface area contributed by atoms with Gasteiger partial charge in [-0.3, -0.25) is 0 Å². The number of benzene rings is 2. The van der Waals surface area contributed by atoms with Gasteiger partial charge in [-0.15, -0.1) is 0 Å². The van der Waals surface area contributed by atoms with Crippen molar-refractivity contribution < 1.29 is 9.84 Å². The highest BCUT2D eigenvalue weighted by Gasteiger charge is 2.13. The maximum absolute atomic E-state index is 10.2. The number of fused-ring (bicyclic) bond motifs is 1. The number of hydrogen-bond acceptors (Lipinski definition) is 3. The first-order valence-electron chi connectivity index (χ1n) is 6.02. The van der Waals surface area contributed by atoms with Crippen molar-refractivity contribution in [2.75, 3.05) is 7.11 Å². The first-order chi connectivity index (χ1) is 9.20. The van der Waals surface area contributed by atoms with Crippen LogP contribution < -0.4 is 4.74 Å². The number of aromatic nitrogens is 2. The Morgan fingerprint density at radius 2 is 1.95 bits per heavy atom. The fourth-order valence-electron chi connectivity index (χ4n) is 2.18. The van der Waals surface area contributed by atoms with Crippen LogP contribution in [0.3, 0.4) is 0 Å². The largest absolute Gasteiger partial charge is 0.504 e. The first-order valence-corrected chi connectivity index (χ1v) is 6.02. The predicted octanol–water partition coefficient (Wildman–Crippen LogP) is 3.25. The Labute approximate surface area is 110 Å². The summed E-state index contributed by atoms with van der Waals surface area (Å²) in [6, 6.07) is 11.3. The van der Waals surface area contributed by atoms with E-state index in [2.05, 4.69) is 9.97 Å². The van der Waals surface area contributed by atoms with E-state index < -0.39 is 0 Å². The van der Waals surface area contributed by atoms with Crippen molar-refractivity contribution in [1.29, 1.82) is 0 Å². The molecule has 19 heavy (non-hydrogen) atoms. The number of methoxy groups -OCH3 is 1. The number of para-hydroxylation sites is 2. The van der Waals surface area contributed by atoms with E-state index in [0.717, 1.165) is 16.6 Å². The number of H-pyrrole nitrogens is 1. The van der Waals surface area contributed by atoms with E-state index in [1.54, 1.807) is 6.07 Å². The summed E-state index contributed by atoms with van der Waals surface area (Å²) in [5, 5.41) is 10.2. The average molecular weight is 254 g/mol. The van der Waals surface area contributed by atoms with Crippen molar-refractivity contribution in [2.24, 2.45) is 0 Å². The van der Waals surface area contributed by atoms with Crippen LogP contribution in [0.2, 0.25) is 0 Å². The van der Waals surface area contributed by atoms with E-state index >= 15 is 0 Å². The van der Waals surface area contributed by atoms with Gasteiger partial charge in [-0.05, 0) is 30.7 Å². The molecule has 2 N–H and O–H groups in total. The van der Waals surface area contributed by atoms with Gasteiger partial charge in [0.1, 0.15) is 5.82 Å². The normalized spacial score (nSPS) is 10.8. The molecule has 0 fully saturated rings. The van der Waals surface area contributed by atoms with Gasteiger partial charge >= 0.3 is 0 Å². The molecule has 0 bridgehead atoms. The number of nitrogens with one attached hydrogen (secondary N) is 1. The van der Waals surface area contributed by atoms with Crippen molar-refractivity contribution in [2.45, 2.75) is 6.92 Å². The Bertz CT molecular complexity index is 747. The molecule has 0 unspecified atom stereocenters. The van der Waals surface area contributed by atoms with Crippen molar-refractivity contribution in [1.82, 2.24) is 9.97 Å². The molecule has 0 saturated heterocycles. The molecule has 0 aliphatic rings. The Balaban J connectivity index is 2.22. The molecule has 3 rings (SSSR count). The van der Waals surface area contributed by atoms with E-state index in [0.29, 0.717) is 17.1 Å². The minimum atomic E-state index is 0.0988. The van der Waals surface area contributed by atoms with Crippen LogP contribution in [0.25, 0.3) is 22.4 Å². The maximum atomic E-state index is 10.2. The second-order valence-corrected chi connectivity index (χ2v) is 4.41. The van der Waals surface area contributed by atoms with Gasteiger partial charge in [-0.2, -0.15) is 0 Å². The molecule has 0 amide bonds. The lowest BCUT2D eigenvalue weighted by molar-refractivity contribution is 0.374. The topological polar surface area (TPSA) is 58.1 Å². The lowest BCUT2D eigenvalue weighted by Gasteiger charge is -2.06. The molecular formula is C15H14N2O2. The van der Waals surface area contributed by atoms with Crippen molar-refractivity contribution in [3.05, 3.63) is 42.0 Å². The molecule has 0 saturated carbocycles. The van der Waals surface area contributed by atoms with Crippen LogP contribution >= 0.6 is 0 Å². The molecular weight excluding hydrogens is 240 g/mol. The summed E-state index contributed by atoms with van der Waals surface area (Å²) in [5.41, 5.74) is 3.61. The fraction of sp³-hybridized carbons (Fsp3) is 0.133. The second-order valence-electron chi connectivity index (χ2n) is 4.41. The summed E-state index contributed by atoms with van der Waals surface area (Å²) in [5.74, 6) is 1.18. The van der Waals surface area contributed by atoms with E-state index in [9.17, 15) is 5.11 Å². The highest BCUT2D eigenvalue weighted by Crippen LogP contribution is 2.36. The van der Waals surface area contributed by atoms with Crippen molar-refractivity contribution in [3.63, 3.8) is 0 Å². The number of ether oxygens (including phenoxy) is 1. The minimum Gasteiger partial charge on any atom is -0.504 e. The van der Waals surface area contributed by atoms with Gasteiger partial charge in [0.05, 0.1) is 23.7 Å². The molecule has 0 aliphatic heterocycles. The number of phenols is 1. The molecule has 0 aliphatic carbocycles. The summed E-state index contributed by atoms with van der Waals surface area (Å²) >= 11 is 0. The van der Waals surface area contributed by atoms with Gasteiger partial charge in [0, 0.05) is 0 Å².